The van der Waals surface area contributed by atoms with Gasteiger partial charge in [-0.25, -0.2) is 4.79 Å². The number of amides is 1. The number of carbonyl (C=O) groups is 1. The van der Waals surface area contributed by atoms with E-state index in [2.05, 4.69) is 23.2 Å². The van der Waals surface area contributed by atoms with E-state index in [9.17, 15) is 4.79 Å². The van der Waals surface area contributed by atoms with Gasteiger partial charge < -0.3 is 24.6 Å². The van der Waals surface area contributed by atoms with Crippen molar-refractivity contribution in [2.24, 2.45) is 4.99 Å². The van der Waals surface area contributed by atoms with Crippen LogP contribution in [0.3, 0.4) is 0 Å². The largest absolute Gasteiger partial charge is 0.450 e. The van der Waals surface area contributed by atoms with Crippen LogP contribution in [-0.4, -0.2) is 80.9 Å². The predicted molar refractivity (Wildman–Crippen MR) is 119 cm³/mol. The predicted octanol–water partition coefficient (Wildman–Crippen LogP) is 3.13. The molecule has 0 unspecified atom stereocenters. The van der Waals surface area contributed by atoms with Gasteiger partial charge in [-0.3, -0.25) is 4.99 Å². The van der Waals surface area contributed by atoms with Crippen molar-refractivity contribution in [1.29, 1.82) is 0 Å². The van der Waals surface area contributed by atoms with Gasteiger partial charge in [-0.1, -0.05) is 29.8 Å². The highest BCUT2D eigenvalue weighted by Crippen LogP contribution is 2.39. The number of nitrogens with zero attached hydrogens (tertiary/aromatic N) is 3. The maximum atomic E-state index is 12.0. The molecular weight excluding hydrogens is 404 g/mol. The molecule has 1 aromatic carbocycles. The minimum atomic E-state index is -0.237. The monoisotopic (exact) mass is 436 g/mol. The number of carbonyl (C=O) groups excluding carboxylic acids is 1. The quantitative estimate of drug-likeness (QED) is 0.567. The van der Waals surface area contributed by atoms with E-state index in [1.54, 1.807) is 4.90 Å². The average Bonchev–Trinajstić information content (AvgIpc) is 2.78. The molecule has 0 radical (unpaired) electrons. The van der Waals surface area contributed by atoms with E-state index in [1.165, 1.54) is 0 Å². The Morgan fingerprint density at radius 3 is 2.47 bits per heavy atom. The second-order valence-corrected chi connectivity index (χ2v) is 8.12. The molecule has 2 heterocycles. The summed E-state index contributed by atoms with van der Waals surface area (Å²) in [5, 5.41) is 4.22. The van der Waals surface area contributed by atoms with Crippen molar-refractivity contribution in [3.63, 3.8) is 0 Å². The third-order valence-electron chi connectivity index (χ3n) is 5.87. The fourth-order valence-electron chi connectivity index (χ4n) is 4.13. The third-order valence-corrected chi connectivity index (χ3v) is 6.20. The van der Waals surface area contributed by atoms with Gasteiger partial charge in [-0.2, -0.15) is 0 Å². The van der Waals surface area contributed by atoms with Gasteiger partial charge in [0.05, 0.1) is 13.2 Å². The van der Waals surface area contributed by atoms with Gasteiger partial charge in [-0.15, -0.1) is 0 Å². The number of guanidine groups is 1. The molecule has 2 saturated heterocycles. The zero-order valence-electron chi connectivity index (χ0n) is 18.0. The molecule has 2 aliphatic rings. The Hall–Kier alpha value is -1.99. The maximum Gasteiger partial charge on any atom is 0.409 e. The number of rotatable bonds is 5. The molecule has 0 spiro atoms. The van der Waals surface area contributed by atoms with Crippen molar-refractivity contribution < 1.29 is 14.3 Å². The molecule has 0 bridgehead atoms. The minimum absolute atomic E-state index is 0.121. The topological polar surface area (TPSA) is 66.4 Å². The summed E-state index contributed by atoms with van der Waals surface area (Å²) >= 11 is 6.58. The standard InChI is InChI=1S/C22H33ClN4O3/c1-3-24-20(26-11-13-27(14-12-26)21(28)30-4-2)25-17-22(9-15-29-16-10-22)18-7-5-6-8-19(18)23/h5-8H,3-4,9-17H2,1-2H3,(H,24,25). The van der Waals surface area contributed by atoms with Crippen molar-refractivity contribution in [2.75, 3.05) is 59.1 Å². The van der Waals surface area contributed by atoms with Gasteiger partial charge in [0.1, 0.15) is 0 Å². The Morgan fingerprint density at radius 2 is 1.83 bits per heavy atom. The molecule has 0 saturated carbocycles. The van der Waals surface area contributed by atoms with Gasteiger partial charge in [-0.05, 0) is 38.3 Å². The second-order valence-electron chi connectivity index (χ2n) is 7.72. The van der Waals surface area contributed by atoms with E-state index in [0.29, 0.717) is 26.2 Å². The number of nitrogens with one attached hydrogen (secondary N) is 1. The number of ether oxygens (including phenoxy) is 2. The van der Waals surface area contributed by atoms with Crippen LogP contribution < -0.4 is 5.32 Å². The van der Waals surface area contributed by atoms with Crippen LogP contribution in [0.5, 0.6) is 0 Å². The van der Waals surface area contributed by atoms with Crippen LogP contribution >= 0.6 is 11.6 Å². The molecule has 1 N–H and O–H groups in total. The minimum Gasteiger partial charge on any atom is -0.450 e. The first-order valence-electron chi connectivity index (χ1n) is 10.9. The molecule has 0 aliphatic carbocycles. The Morgan fingerprint density at radius 1 is 1.17 bits per heavy atom. The Bertz CT molecular complexity index is 729. The lowest BCUT2D eigenvalue weighted by atomic mass is 9.74. The van der Waals surface area contributed by atoms with Gasteiger partial charge in [0.15, 0.2) is 5.96 Å². The molecular formula is C22H33ClN4O3. The fraction of sp³-hybridized carbons (Fsp3) is 0.636. The summed E-state index contributed by atoms with van der Waals surface area (Å²) in [5.74, 6) is 0.888. The van der Waals surface area contributed by atoms with E-state index >= 15 is 0 Å². The van der Waals surface area contributed by atoms with Gasteiger partial charge >= 0.3 is 6.09 Å². The van der Waals surface area contributed by atoms with Crippen LogP contribution in [0.1, 0.15) is 32.3 Å². The Labute approximate surface area is 184 Å². The molecule has 8 heteroatoms. The summed E-state index contributed by atoms with van der Waals surface area (Å²) < 4.78 is 10.8. The van der Waals surface area contributed by atoms with Crippen molar-refractivity contribution in [3.05, 3.63) is 34.9 Å². The number of halogens is 1. The zero-order valence-corrected chi connectivity index (χ0v) is 18.8. The summed E-state index contributed by atoms with van der Waals surface area (Å²) in [7, 11) is 0. The first-order valence-corrected chi connectivity index (χ1v) is 11.2. The fourth-order valence-corrected chi connectivity index (χ4v) is 4.47. The summed E-state index contributed by atoms with van der Waals surface area (Å²) in [4.78, 5) is 21.0. The van der Waals surface area contributed by atoms with E-state index in [1.807, 2.05) is 25.1 Å². The van der Waals surface area contributed by atoms with Crippen LogP contribution in [0.2, 0.25) is 5.02 Å². The number of hydrogen-bond acceptors (Lipinski definition) is 4. The lowest BCUT2D eigenvalue weighted by Crippen LogP contribution is -2.54. The van der Waals surface area contributed by atoms with Crippen molar-refractivity contribution in [1.82, 2.24) is 15.1 Å². The molecule has 0 atom stereocenters. The SMILES string of the molecule is CCNC(=NCC1(c2ccccc2Cl)CCOCC1)N1CCN(C(=O)OCC)CC1. The highest BCUT2D eigenvalue weighted by molar-refractivity contribution is 6.31. The lowest BCUT2D eigenvalue weighted by molar-refractivity contribution is 0.0530. The summed E-state index contributed by atoms with van der Waals surface area (Å²) in [6.45, 7) is 9.90. The highest BCUT2D eigenvalue weighted by Gasteiger charge is 2.36. The average molecular weight is 437 g/mol. The molecule has 2 fully saturated rings. The third kappa shape index (κ3) is 5.38. The van der Waals surface area contributed by atoms with Crippen LogP contribution in [0.25, 0.3) is 0 Å². The lowest BCUT2D eigenvalue weighted by Gasteiger charge is -2.39. The normalized spacial score (nSPS) is 19.5. The molecule has 2 aliphatic heterocycles. The number of hydrogen-bond donors (Lipinski definition) is 1. The highest BCUT2D eigenvalue weighted by atomic mass is 35.5. The summed E-state index contributed by atoms with van der Waals surface area (Å²) in [5.41, 5.74) is 1.03. The van der Waals surface area contributed by atoms with Crippen LogP contribution in [0.4, 0.5) is 4.79 Å². The number of piperazine rings is 1. The molecule has 1 amide bonds. The first kappa shape index (κ1) is 22.7. The van der Waals surface area contributed by atoms with E-state index in [-0.39, 0.29) is 11.5 Å². The Balaban J connectivity index is 1.74. The van der Waals surface area contributed by atoms with Crippen LogP contribution in [-0.2, 0) is 14.9 Å². The van der Waals surface area contributed by atoms with Crippen molar-refractivity contribution in [2.45, 2.75) is 32.1 Å². The van der Waals surface area contributed by atoms with E-state index in [0.717, 1.165) is 62.2 Å². The van der Waals surface area contributed by atoms with Crippen molar-refractivity contribution >= 4 is 23.7 Å². The van der Waals surface area contributed by atoms with Crippen LogP contribution in [0, 0.1) is 0 Å². The summed E-state index contributed by atoms with van der Waals surface area (Å²) in [6.07, 6.45) is 1.56. The number of benzene rings is 1. The summed E-state index contributed by atoms with van der Waals surface area (Å²) in [6, 6.07) is 8.09. The number of aliphatic imine (C=N–C) groups is 1. The molecule has 0 aromatic heterocycles. The van der Waals surface area contributed by atoms with Gasteiger partial charge in [0.25, 0.3) is 0 Å². The first-order chi connectivity index (χ1) is 14.6. The van der Waals surface area contributed by atoms with E-state index < -0.39 is 0 Å². The Kier molecular flexibility index (Phi) is 8.22. The molecule has 1 aromatic rings. The van der Waals surface area contributed by atoms with Crippen LogP contribution in [0.15, 0.2) is 29.3 Å². The van der Waals surface area contributed by atoms with Gasteiger partial charge in [0, 0.05) is 56.4 Å². The van der Waals surface area contributed by atoms with E-state index in [4.69, 9.17) is 26.1 Å². The zero-order chi connectivity index (χ0) is 21.4. The van der Waals surface area contributed by atoms with Crippen molar-refractivity contribution in [3.8, 4) is 0 Å². The molecule has 30 heavy (non-hydrogen) atoms. The second kappa shape index (κ2) is 10.9. The van der Waals surface area contributed by atoms with Gasteiger partial charge in [0.2, 0.25) is 0 Å². The molecule has 7 nitrogen and oxygen atoms in total. The smallest absolute Gasteiger partial charge is 0.409 e. The maximum absolute atomic E-state index is 12.0. The molecule has 166 valence electrons. The molecule has 3 rings (SSSR count).